The van der Waals surface area contributed by atoms with Gasteiger partial charge in [-0.2, -0.15) is 17.9 Å². The number of nitrogens with zero attached hydrogens (tertiary/aromatic N) is 1. The quantitative estimate of drug-likeness (QED) is 0.698. The van der Waals surface area contributed by atoms with Gasteiger partial charge >= 0.3 is 6.18 Å². The van der Waals surface area contributed by atoms with Gasteiger partial charge in [0, 0.05) is 19.0 Å². The monoisotopic (exact) mass is 456 g/mol. The molecule has 166 valence electrons. The molecule has 1 aliphatic carbocycles. The van der Waals surface area contributed by atoms with Crippen LogP contribution in [0.2, 0.25) is 0 Å². The lowest BCUT2D eigenvalue weighted by molar-refractivity contribution is -0.153. The molecule has 1 aliphatic heterocycles. The molecule has 1 fully saturated rings. The van der Waals surface area contributed by atoms with Crippen LogP contribution in [-0.2, 0) is 27.8 Å². The number of hydrogen-bond donors (Lipinski definition) is 1. The van der Waals surface area contributed by atoms with Crippen LogP contribution in [0.4, 0.5) is 17.6 Å². The van der Waals surface area contributed by atoms with Crippen LogP contribution in [0.5, 0.6) is 0 Å². The maximum absolute atomic E-state index is 13.6. The maximum Gasteiger partial charge on any atom is 0.408 e. The average molecular weight is 456 g/mol. The number of fused-ring (bicyclic) bond motifs is 1. The number of carbonyl (C=O) groups excluding carboxylic acids is 1. The van der Waals surface area contributed by atoms with Gasteiger partial charge in [-0.05, 0) is 60.2 Å². The number of rotatable bonds is 5. The van der Waals surface area contributed by atoms with Gasteiger partial charge in [0.15, 0.2) is 0 Å². The minimum atomic E-state index is -4.92. The molecule has 1 N–H and O–H groups in total. The Hall–Kier alpha value is -2.46. The number of hydrogen-bond acceptors (Lipinski definition) is 3. The smallest absolute Gasteiger partial charge is 0.338 e. The van der Waals surface area contributed by atoms with Crippen LogP contribution in [0.3, 0.4) is 0 Å². The molecule has 0 bridgehead atoms. The molecule has 2 aromatic carbocycles. The third-order valence-corrected chi connectivity index (χ3v) is 6.96. The molecule has 2 aromatic rings. The summed E-state index contributed by atoms with van der Waals surface area (Å²) in [4.78, 5) is 13.7. The van der Waals surface area contributed by atoms with Crippen molar-refractivity contribution in [3.05, 3.63) is 65.0 Å². The number of alkyl halides is 3. The topological polar surface area (TPSA) is 66.5 Å². The lowest BCUT2D eigenvalue weighted by Gasteiger charge is -2.29. The third kappa shape index (κ3) is 4.74. The SMILES string of the molecule is O=C(C1CC1)N1CCc2ccc(S(=O)(=O)NC(c3ccc(F)cc3)C(F)(F)F)cc2C1. The molecular formula is C21H20F4N2O3S. The standard InChI is InChI=1S/C21H20F4N2O3S/c22-17-6-3-14(4-7-17)19(21(23,24)25)26-31(29,30)18-8-5-13-9-10-27(12-16(13)11-18)20(28)15-1-2-15/h3-8,11,15,19,26H,1-2,9-10,12H2. The maximum atomic E-state index is 13.6. The predicted molar refractivity (Wildman–Crippen MR) is 104 cm³/mol. The second-order valence-corrected chi connectivity index (χ2v) is 9.58. The van der Waals surface area contributed by atoms with Crippen LogP contribution >= 0.6 is 0 Å². The van der Waals surface area contributed by atoms with Gasteiger partial charge in [-0.3, -0.25) is 4.79 Å². The Morgan fingerprint density at radius 3 is 2.35 bits per heavy atom. The summed E-state index contributed by atoms with van der Waals surface area (Å²) in [5.74, 6) is -0.670. The van der Waals surface area contributed by atoms with Crippen molar-refractivity contribution in [2.45, 2.75) is 42.9 Å². The molecule has 4 rings (SSSR count). The first-order chi connectivity index (χ1) is 14.5. The first-order valence-electron chi connectivity index (χ1n) is 9.80. The minimum Gasteiger partial charge on any atom is -0.338 e. The van der Waals surface area contributed by atoms with Crippen LogP contribution in [-0.4, -0.2) is 31.9 Å². The van der Waals surface area contributed by atoms with Crippen molar-refractivity contribution in [1.82, 2.24) is 9.62 Å². The molecule has 31 heavy (non-hydrogen) atoms. The molecule has 0 saturated heterocycles. The van der Waals surface area contributed by atoms with E-state index < -0.39 is 33.6 Å². The predicted octanol–water partition coefficient (Wildman–Crippen LogP) is 3.70. The minimum absolute atomic E-state index is 0.0263. The van der Waals surface area contributed by atoms with E-state index in [2.05, 4.69) is 0 Å². The number of carbonyl (C=O) groups is 1. The van der Waals surface area contributed by atoms with Gasteiger partial charge in [-0.25, -0.2) is 12.8 Å². The second kappa shape index (κ2) is 7.90. The second-order valence-electron chi connectivity index (χ2n) is 7.86. The summed E-state index contributed by atoms with van der Waals surface area (Å²) < 4.78 is 81.1. The van der Waals surface area contributed by atoms with Crippen LogP contribution in [0.1, 0.15) is 35.6 Å². The fourth-order valence-corrected chi connectivity index (χ4v) is 4.94. The molecule has 10 heteroatoms. The van der Waals surface area contributed by atoms with Gasteiger partial charge in [-0.1, -0.05) is 18.2 Å². The fraction of sp³-hybridized carbons (Fsp3) is 0.381. The number of amides is 1. The van der Waals surface area contributed by atoms with E-state index in [0.717, 1.165) is 42.7 Å². The molecule has 5 nitrogen and oxygen atoms in total. The summed E-state index contributed by atoms with van der Waals surface area (Å²) >= 11 is 0. The van der Waals surface area contributed by atoms with Crippen molar-refractivity contribution < 1.29 is 30.8 Å². The Labute approximate surface area is 177 Å². The van der Waals surface area contributed by atoms with Crippen molar-refractivity contribution in [2.75, 3.05) is 6.54 Å². The number of halogens is 4. The van der Waals surface area contributed by atoms with Crippen LogP contribution in [0, 0.1) is 11.7 Å². The van der Waals surface area contributed by atoms with Gasteiger partial charge in [0.05, 0.1) is 4.90 Å². The lowest BCUT2D eigenvalue weighted by Crippen LogP contribution is -2.39. The number of sulfonamides is 1. The molecular weight excluding hydrogens is 436 g/mol. The summed E-state index contributed by atoms with van der Waals surface area (Å²) in [6.07, 6.45) is -2.67. The molecule has 1 unspecified atom stereocenters. The van der Waals surface area contributed by atoms with Crippen molar-refractivity contribution in [2.24, 2.45) is 5.92 Å². The Morgan fingerprint density at radius 2 is 1.74 bits per heavy atom. The number of benzene rings is 2. The lowest BCUT2D eigenvalue weighted by atomic mass is 9.99. The van der Waals surface area contributed by atoms with Crippen molar-refractivity contribution in [1.29, 1.82) is 0 Å². The highest BCUT2D eigenvalue weighted by Crippen LogP contribution is 2.35. The van der Waals surface area contributed by atoms with Gasteiger partial charge < -0.3 is 4.90 Å². The Kier molecular flexibility index (Phi) is 5.55. The van der Waals surface area contributed by atoms with E-state index in [1.54, 1.807) is 15.7 Å². The van der Waals surface area contributed by atoms with Crippen molar-refractivity contribution in [3.63, 3.8) is 0 Å². The zero-order chi connectivity index (χ0) is 22.4. The largest absolute Gasteiger partial charge is 0.408 e. The van der Waals surface area contributed by atoms with Crippen LogP contribution in [0.15, 0.2) is 47.4 Å². The first kappa shape index (κ1) is 21.8. The third-order valence-electron chi connectivity index (χ3n) is 5.54. The Bertz CT molecular complexity index is 1100. The van der Waals surface area contributed by atoms with E-state index in [1.165, 1.54) is 12.1 Å². The van der Waals surface area contributed by atoms with Crippen LogP contribution in [0.25, 0.3) is 0 Å². The van der Waals surface area contributed by atoms with E-state index in [9.17, 15) is 30.8 Å². The number of nitrogens with one attached hydrogen (secondary N) is 1. The molecule has 0 spiro atoms. The van der Waals surface area contributed by atoms with E-state index in [4.69, 9.17) is 0 Å². The summed E-state index contributed by atoms with van der Waals surface area (Å²) in [6, 6.07) is 5.10. The van der Waals surface area contributed by atoms with Gasteiger partial charge in [0.2, 0.25) is 15.9 Å². The summed E-state index contributed by atoms with van der Waals surface area (Å²) in [7, 11) is -4.54. The van der Waals surface area contributed by atoms with Crippen molar-refractivity contribution >= 4 is 15.9 Å². The van der Waals surface area contributed by atoms with Crippen LogP contribution < -0.4 is 4.72 Å². The average Bonchev–Trinajstić information content (AvgIpc) is 3.56. The van der Waals surface area contributed by atoms with E-state index in [-0.39, 0.29) is 23.3 Å². The summed E-state index contributed by atoms with van der Waals surface area (Å²) in [5.41, 5.74) is 1.05. The Balaban J connectivity index is 1.60. The molecule has 1 saturated carbocycles. The highest BCUT2D eigenvalue weighted by Gasteiger charge is 2.43. The highest BCUT2D eigenvalue weighted by atomic mass is 32.2. The zero-order valence-electron chi connectivity index (χ0n) is 16.3. The molecule has 1 heterocycles. The van der Waals surface area contributed by atoms with Gasteiger partial charge in [0.1, 0.15) is 11.9 Å². The van der Waals surface area contributed by atoms with Crippen molar-refractivity contribution in [3.8, 4) is 0 Å². The molecule has 1 atom stereocenters. The fourth-order valence-electron chi connectivity index (χ4n) is 3.68. The van der Waals surface area contributed by atoms with Gasteiger partial charge in [0.25, 0.3) is 0 Å². The molecule has 0 radical (unpaired) electrons. The van der Waals surface area contributed by atoms with E-state index in [1.807, 2.05) is 0 Å². The first-order valence-corrected chi connectivity index (χ1v) is 11.3. The summed E-state index contributed by atoms with van der Waals surface area (Å²) in [6.45, 7) is 0.766. The molecule has 2 aliphatic rings. The van der Waals surface area contributed by atoms with E-state index in [0.29, 0.717) is 18.5 Å². The van der Waals surface area contributed by atoms with Gasteiger partial charge in [-0.15, -0.1) is 0 Å². The zero-order valence-corrected chi connectivity index (χ0v) is 17.1. The van der Waals surface area contributed by atoms with E-state index >= 15 is 0 Å². The normalized spacial score (nSPS) is 17.9. The molecule has 1 amide bonds. The Morgan fingerprint density at radius 1 is 1.06 bits per heavy atom. The molecule has 0 aromatic heterocycles. The highest BCUT2D eigenvalue weighted by molar-refractivity contribution is 7.89. The summed E-state index contributed by atoms with van der Waals surface area (Å²) in [5, 5.41) is 0.